The van der Waals surface area contributed by atoms with Gasteiger partial charge in [0.1, 0.15) is 5.75 Å². The van der Waals surface area contributed by atoms with Crippen molar-refractivity contribution in [1.29, 1.82) is 0 Å². The van der Waals surface area contributed by atoms with Crippen molar-refractivity contribution in [3.05, 3.63) is 46.8 Å². The lowest BCUT2D eigenvalue weighted by Gasteiger charge is -2.10. The lowest BCUT2D eigenvalue weighted by molar-refractivity contribution is 0.0948. The second-order valence-corrected chi connectivity index (χ2v) is 5.83. The fourth-order valence-corrected chi connectivity index (χ4v) is 2.88. The van der Waals surface area contributed by atoms with E-state index >= 15 is 0 Å². The Kier molecular flexibility index (Phi) is 4.93. The lowest BCUT2D eigenvalue weighted by atomic mass is 9.96. The van der Waals surface area contributed by atoms with Crippen LogP contribution < -0.4 is 10.2 Å². The Morgan fingerprint density at radius 1 is 1.29 bits per heavy atom. The van der Waals surface area contributed by atoms with E-state index in [1.165, 1.54) is 0 Å². The number of fused-ring (bicyclic) bond motifs is 1. The van der Waals surface area contributed by atoms with Gasteiger partial charge in [0.15, 0.2) is 5.69 Å². The second-order valence-electron chi connectivity index (χ2n) is 5.83. The third kappa shape index (κ3) is 3.48. The summed E-state index contributed by atoms with van der Waals surface area (Å²) in [5.74, 6) is 0.556. The molecule has 3 rings (SSSR count). The molecule has 24 heavy (non-hydrogen) atoms. The Morgan fingerprint density at radius 3 is 2.79 bits per heavy atom. The molecule has 1 aliphatic carbocycles. The van der Waals surface area contributed by atoms with E-state index < -0.39 is 0 Å². The summed E-state index contributed by atoms with van der Waals surface area (Å²) < 4.78 is 5.42. The van der Waals surface area contributed by atoms with Crippen LogP contribution in [0.2, 0.25) is 0 Å². The number of carbonyl (C=O) groups is 1. The summed E-state index contributed by atoms with van der Waals surface area (Å²) in [4.78, 5) is 12.3. The predicted octanol–water partition coefficient (Wildman–Crippen LogP) is 2.84. The van der Waals surface area contributed by atoms with Crippen molar-refractivity contribution in [2.45, 2.75) is 39.5 Å². The average Bonchev–Trinajstić information content (AvgIpc) is 3.04. The number of aromatic nitrogens is 2. The lowest BCUT2D eigenvalue weighted by Crippen LogP contribution is -2.21. The van der Waals surface area contributed by atoms with Crippen LogP contribution in [0.1, 0.15) is 54.0 Å². The van der Waals surface area contributed by atoms with Gasteiger partial charge >= 0.3 is 0 Å². The van der Waals surface area contributed by atoms with E-state index in [0.29, 0.717) is 12.3 Å². The van der Waals surface area contributed by atoms with E-state index in [1.807, 2.05) is 38.1 Å². The van der Waals surface area contributed by atoms with Crippen LogP contribution in [0, 0.1) is 0 Å². The number of hydrogen-bond donors (Lipinski definition) is 2. The molecule has 126 valence electrons. The summed E-state index contributed by atoms with van der Waals surface area (Å²) in [7, 11) is 0. The molecule has 0 bridgehead atoms. The summed E-state index contributed by atoms with van der Waals surface area (Å²) in [6, 6.07) is 7.63. The average molecular weight is 326 g/mol. The molecule has 6 nitrogen and oxygen atoms in total. The largest absolute Gasteiger partial charge is 0.494 e. The SMILES string of the molecule is CCOc1ccc(C(C)=NNC(=O)c2n[nH]c3c2CCCC3)cc1. The van der Waals surface area contributed by atoms with Crippen molar-refractivity contribution in [2.75, 3.05) is 6.61 Å². The van der Waals surface area contributed by atoms with Gasteiger partial charge in [-0.15, -0.1) is 0 Å². The Labute approximate surface area is 141 Å². The number of carbonyl (C=O) groups excluding carboxylic acids is 1. The first-order valence-electron chi connectivity index (χ1n) is 8.33. The molecule has 2 N–H and O–H groups in total. The number of ether oxygens (including phenoxy) is 1. The summed E-state index contributed by atoms with van der Waals surface area (Å²) in [5.41, 5.74) is 6.86. The highest BCUT2D eigenvalue weighted by atomic mass is 16.5. The summed E-state index contributed by atoms with van der Waals surface area (Å²) in [6.07, 6.45) is 4.10. The van der Waals surface area contributed by atoms with Gasteiger partial charge in [-0.3, -0.25) is 9.89 Å². The van der Waals surface area contributed by atoms with Gasteiger partial charge in [0.25, 0.3) is 5.91 Å². The van der Waals surface area contributed by atoms with Crippen LogP contribution in [-0.2, 0) is 12.8 Å². The third-order valence-electron chi connectivity index (χ3n) is 4.18. The number of benzene rings is 1. The minimum absolute atomic E-state index is 0.264. The van der Waals surface area contributed by atoms with Gasteiger partial charge in [-0.05, 0) is 69.4 Å². The van der Waals surface area contributed by atoms with Gasteiger partial charge in [0.2, 0.25) is 0 Å². The topological polar surface area (TPSA) is 79.4 Å². The van der Waals surface area contributed by atoms with Crippen molar-refractivity contribution in [3.63, 3.8) is 0 Å². The summed E-state index contributed by atoms with van der Waals surface area (Å²) >= 11 is 0. The zero-order chi connectivity index (χ0) is 16.9. The van der Waals surface area contributed by atoms with Gasteiger partial charge in [-0.25, -0.2) is 5.43 Å². The molecule has 1 aromatic heterocycles. The number of amides is 1. The molecule has 0 aliphatic heterocycles. The van der Waals surface area contributed by atoms with E-state index in [-0.39, 0.29) is 5.91 Å². The monoisotopic (exact) mass is 326 g/mol. The molecule has 0 saturated heterocycles. The van der Waals surface area contributed by atoms with Gasteiger partial charge in [-0.2, -0.15) is 10.2 Å². The van der Waals surface area contributed by atoms with Crippen molar-refractivity contribution >= 4 is 11.6 Å². The summed E-state index contributed by atoms with van der Waals surface area (Å²) in [6.45, 7) is 4.44. The highest BCUT2D eigenvalue weighted by molar-refractivity contribution is 6.00. The van der Waals surface area contributed by atoms with Gasteiger partial charge in [-0.1, -0.05) is 0 Å². The zero-order valence-corrected chi connectivity index (χ0v) is 14.1. The van der Waals surface area contributed by atoms with Crippen LogP contribution in [0.3, 0.4) is 0 Å². The third-order valence-corrected chi connectivity index (χ3v) is 4.18. The van der Waals surface area contributed by atoms with Crippen LogP contribution in [0.4, 0.5) is 0 Å². The first-order valence-corrected chi connectivity index (χ1v) is 8.33. The first-order chi connectivity index (χ1) is 11.7. The molecule has 0 unspecified atom stereocenters. The molecule has 0 atom stereocenters. The molecular formula is C18H22N4O2. The minimum atomic E-state index is -0.264. The molecule has 1 aliphatic rings. The molecule has 0 fully saturated rings. The maximum Gasteiger partial charge on any atom is 0.292 e. The molecule has 2 aromatic rings. The van der Waals surface area contributed by atoms with E-state index in [2.05, 4.69) is 20.7 Å². The standard InChI is InChI=1S/C18H22N4O2/c1-3-24-14-10-8-13(9-11-14)12(2)19-22-18(23)17-15-6-4-5-7-16(15)20-21-17/h8-11H,3-7H2,1-2H3,(H,20,21)(H,22,23). The first kappa shape index (κ1) is 16.2. The van der Waals surface area contributed by atoms with Crippen LogP contribution in [0.5, 0.6) is 5.75 Å². The maximum atomic E-state index is 12.3. The molecule has 1 aromatic carbocycles. The van der Waals surface area contributed by atoms with Crippen LogP contribution in [0.15, 0.2) is 29.4 Å². The van der Waals surface area contributed by atoms with E-state index in [0.717, 1.165) is 54.0 Å². The Bertz CT molecular complexity index is 747. The highest BCUT2D eigenvalue weighted by Gasteiger charge is 2.21. The highest BCUT2D eigenvalue weighted by Crippen LogP contribution is 2.22. The van der Waals surface area contributed by atoms with Crippen molar-refractivity contribution < 1.29 is 9.53 Å². The van der Waals surface area contributed by atoms with E-state index in [9.17, 15) is 4.79 Å². The summed E-state index contributed by atoms with van der Waals surface area (Å²) in [5, 5.41) is 11.3. The maximum absolute atomic E-state index is 12.3. The van der Waals surface area contributed by atoms with E-state index in [1.54, 1.807) is 0 Å². The number of aromatic amines is 1. The van der Waals surface area contributed by atoms with Gasteiger partial charge in [0, 0.05) is 11.3 Å². The van der Waals surface area contributed by atoms with Crippen LogP contribution >= 0.6 is 0 Å². The number of nitrogens with zero attached hydrogens (tertiary/aromatic N) is 2. The molecular weight excluding hydrogens is 304 g/mol. The fraction of sp³-hybridized carbons (Fsp3) is 0.389. The van der Waals surface area contributed by atoms with Crippen LogP contribution in [-0.4, -0.2) is 28.4 Å². The van der Waals surface area contributed by atoms with Gasteiger partial charge in [0.05, 0.1) is 12.3 Å². The van der Waals surface area contributed by atoms with Crippen molar-refractivity contribution in [1.82, 2.24) is 15.6 Å². The van der Waals surface area contributed by atoms with Crippen molar-refractivity contribution in [2.24, 2.45) is 5.10 Å². The molecule has 1 amide bonds. The van der Waals surface area contributed by atoms with Gasteiger partial charge < -0.3 is 4.74 Å². The predicted molar refractivity (Wildman–Crippen MR) is 92.5 cm³/mol. The number of aryl methyl sites for hydroxylation is 1. The quantitative estimate of drug-likeness (QED) is 0.655. The molecule has 0 saturated carbocycles. The van der Waals surface area contributed by atoms with Crippen LogP contribution in [0.25, 0.3) is 0 Å². The Hall–Kier alpha value is -2.63. The molecule has 0 radical (unpaired) electrons. The minimum Gasteiger partial charge on any atom is -0.494 e. The van der Waals surface area contributed by atoms with E-state index in [4.69, 9.17) is 4.74 Å². The number of hydrazone groups is 1. The zero-order valence-electron chi connectivity index (χ0n) is 14.1. The molecule has 0 spiro atoms. The second kappa shape index (κ2) is 7.29. The Morgan fingerprint density at radius 2 is 2.04 bits per heavy atom. The molecule has 6 heteroatoms. The number of H-pyrrole nitrogens is 1. The normalized spacial score (nSPS) is 14.2. The number of nitrogens with one attached hydrogen (secondary N) is 2. The Balaban J connectivity index is 1.68. The number of rotatable bonds is 5. The fourth-order valence-electron chi connectivity index (χ4n) is 2.88. The van der Waals surface area contributed by atoms with Crippen molar-refractivity contribution in [3.8, 4) is 5.75 Å². The number of hydrogen-bond acceptors (Lipinski definition) is 4. The molecule has 1 heterocycles. The smallest absolute Gasteiger partial charge is 0.292 e.